The summed E-state index contributed by atoms with van der Waals surface area (Å²) in [6.45, 7) is 0. The van der Waals surface area contributed by atoms with Crippen LogP contribution in [0.25, 0.3) is 16.9 Å². The summed E-state index contributed by atoms with van der Waals surface area (Å²) in [6, 6.07) is 13.4. The molecule has 0 radical (unpaired) electrons. The lowest BCUT2D eigenvalue weighted by molar-refractivity contribution is -0.577. The van der Waals surface area contributed by atoms with Crippen molar-refractivity contribution in [3.05, 3.63) is 71.2 Å². The van der Waals surface area contributed by atoms with E-state index in [4.69, 9.17) is 10.7 Å². The maximum Gasteiger partial charge on any atom is 0.416 e. The monoisotopic (exact) mass is 426 g/mol. The van der Waals surface area contributed by atoms with Crippen molar-refractivity contribution in [1.29, 1.82) is 0 Å². The first-order valence-corrected chi connectivity index (χ1v) is 9.63. The van der Waals surface area contributed by atoms with Crippen molar-refractivity contribution in [3.8, 4) is 5.82 Å². The highest BCUT2D eigenvalue weighted by molar-refractivity contribution is 5.78. The summed E-state index contributed by atoms with van der Waals surface area (Å²) in [6.07, 6.45) is -2.41. The number of anilines is 3. The van der Waals surface area contributed by atoms with E-state index in [-0.39, 0.29) is 17.5 Å². The molecule has 3 N–H and O–H groups in total. The van der Waals surface area contributed by atoms with Gasteiger partial charge in [0.1, 0.15) is 5.82 Å². The van der Waals surface area contributed by atoms with Gasteiger partial charge in [0.25, 0.3) is 0 Å². The van der Waals surface area contributed by atoms with Crippen LogP contribution in [-0.4, -0.2) is 14.5 Å². The molecule has 0 aliphatic heterocycles. The first kappa shape index (κ1) is 19.2. The predicted octanol–water partition coefficient (Wildman–Crippen LogP) is 4.28. The molecule has 1 saturated carbocycles. The maximum atomic E-state index is 12.8. The fraction of sp³-hybridized carbons (Fsp3) is 0.190. The summed E-state index contributed by atoms with van der Waals surface area (Å²) >= 11 is 0. The van der Waals surface area contributed by atoms with E-state index < -0.39 is 11.7 Å². The summed E-state index contributed by atoms with van der Waals surface area (Å²) in [5.74, 6) is 1.32. The van der Waals surface area contributed by atoms with Crippen molar-refractivity contribution in [2.24, 2.45) is 0 Å². The number of hydrogen-bond donors (Lipinski definition) is 2. The highest BCUT2D eigenvalue weighted by Crippen LogP contribution is 2.41. The number of para-hydroxylation sites is 2. The van der Waals surface area contributed by atoms with Crippen LogP contribution in [0.1, 0.15) is 30.1 Å². The molecule has 0 amide bonds. The molecule has 0 saturated heterocycles. The Bertz CT molecular complexity index is 1280. The zero-order valence-corrected chi connectivity index (χ0v) is 16.1. The van der Waals surface area contributed by atoms with Gasteiger partial charge >= 0.3 is 12.1 Å². The van der Waals surface area contributed by atoms with Gasteiger partial charge in [-0.15, -0.1) is 0 Å². The number of benzene rings is 2. The lowest BCUT2D eigenvalue weighted by atomic mass is 10.2. The molecule has 2 aromatic heterocycles. The molecule has 31 heavy (non-hydrogen) atoms. The number of halogens is 3. The number of aromatic nitrogens is 4. The average Bonchev–Trinajstić information content (AvgIpc) is 3.51. The van der Waals surface area contributed by atoms with Crippen molar-refractivity contribution in [3.63, 3.8) is 0 Å². The van der Waals surface area contributed by atoms with Crippen LogP contribution < -0.4 is 15.8 Å². The zero-order chi connectivity index (χ0) is 21.8. The Morgan fingerprint density at radius 1 is 1.06 bits per heavy atom. The first-order chi connectivity index (χ1) is 14.8. The molecule has 1 aliphatic carbocycles. The molecule has 10 heteroatoms. The third-order valence-corrected chi connectivity index (χ3v) is 5.15. The number of fused-ring (bicyclic) bond motifs is 1. The quantitative estimate of drug-likeness (QED) is 0.375. The molecule has 0 bridgehead atoms. The van der Waals surface area contributed by atoms with Crippen LogP contribution in [0.3, 0.4) is 0 Å². The van der Waals surface area contributed by atoms with Crippen LogP contribution in [0.4, 0.5) is 30.6 Å². The number of rotatable bonds is 4. The van der Waals surface area contributed by atoms with Crippen molar-refractivity contribution in [2.45, 2.75) is 24.9 Å². The van der Waals surface area contributed by atoms with Crippen LogP contribution in [-0.2, 0) is 6.18 Å². The summed E-state index contributed by atoms with van der Waals surface area (Å²) in [5, 5.41) is 15.2. The van der Waals surface area contributed by atoms with Gasteiger partial charge in [0.05, 0.1) is 28.4 Å². The van der Waals surface area contributed by atoms with Crippen LogP contribution in [0.2, 0.25) is 0 Å². The van der Waals surface area contributed by atoms with E-state index in [0.29, 0.717) is 16.5 Å². The van der Waals surface area contributed by atoms with Gasteiger partial charge in [-0.2, -0.15) is 13.2 Å². The third kappa shape index (κ3) is 3.49. The minimum absolute atomic E-state index is 0.0982. The standard InChI is InChI=1S/C21H17F3N6O/c22-21(23,24)13-7-9-14(10-8-13)26-20-28-18(11-17(25)30(20)31)29-16-4-2-1-3-15(16)27-19(29)12-5-6-12/h1-4,7-12H,5-6,25H2,(H,26,28). The van der Waals surface area contributed by atoms with Gasteiger partial charge < -0.3 is 10.9 Å². The molecule has 4 aromatic rings. The van der Waals surface area contributed by atoms with Gasteiger partial charge in [-0.1, -0.05) is 17.1 Å². The summed E-state index contributed by atoms with van der Waals surface area (Å²) < 4.78 is 40.7. The van der Waals surface area contributed by atoms with Crippen molar-refractivity contribution < 1.29 is 17.9 Å². The van der Waals surface area contributed by atoms with E-state index >= 15 is 0 Å². The Labute approximate surface area is 174 Å². The SMILES string of the molecule is Nc1cc(-n2c(C3CC3)nc3ccccc32)nc(Nc2ccc(C(F)(F)F)cc2)[n+]1[O-]. The van der Waals surface area contributed by atoms with Gasteiger partial charge in [-0.3, -0.25) is 9.88 Å². The van der Waals surface area contributed by atoms with Crippen LogP contribution >= 0.6 is 0 Å². The first-order valence-electron chi connectivity index (χ1n) is 9.63. The van der Waals surface area contributed by atoms with Gasteiger partial charge in [-0.25, -0.2) is 9.71 Å². The summed E-state index contributed by atoms with van der Waals surface area (Å²) in [5.41, 5.74) is 7.07. The van der Waals surface area contributed by atoms with Crippen LogP contribution in [0, 0.1) is 5.21 Å². The number of hydrogen-bond acceptors (Lipinski definition) is 5. The van der Waals surface area contributed by atoms with Gasteiger partial charge in [0.15, 0.2) is 5.82 Å². The van der Waals surface area contributed by atoms with Crippen LogP contribution in [0.5, 0.6) is 0 Å². The maximum absolute atomic E-state index is 12.8. The fourth-order valence-electron chi connectivity index (χ4n) is 3.47. The fourth-order valence-corrected chi connectivity index (χ4v) is 3.47. The highest BCUT2D eigenvalue weighted by atomic mass is 19.4. The normalized spacial score (nSPS) is 14.2. The van der Waals surface area contributed by atoms with Crippen molar-refractivity contribution >= 4 is 28.5 Å². The number of alkyl halides is 3. The second kappa shape index (κ2) is 6.86. The smallest absolute Gasteiger partial charge is 0.416 e. The van der Waals surface area contributed by atoms with Crippen molar-refractivity contribution in [1.82, 2.24) is 14.5 Å². The lowest BCUT2D eigenvalue weighted by Crippen LogP contribution is -2.35. The Kier molecular flexibility index (Phi) is 4.24. The molecular weight excluding hydrogens is 409 g/mol. The summed E-state index contributed by atoms with van der Waals surface area (Å²) in [7, 11) is 0. The summed E-state index contributed by atoms with van der Waals surface area (Å²) in [4.78, 5) is 9.14. The van der Waals surface area contributed by atoms with E-state index in [0.717, 1.165) is 41.8 Å². The Morgan fingerprint density at radius 2 is 1.77 bits per heavy atom. The minimum Gasteiger partial charge on any atom is -0.754 e. The molecule has 7 nitrogen and oxygen atoms in total. The van der Waals surface area contributed by atoms with Gasteiger partial charge in [0, 0.05) is 5.92 Å². The van der Waals surface area contributed by atoms with Gasteiger partial charge in [-0.05, 0) is 49.2 Å². The number of nitrogen functional groups attached to an aromatic ring is 1. The van der Waals surface area contributed by atoms with E-state index in [1.54, 1.807) is 0 Å². The van der Waals surface area contributed by atoms with E-state index in [2.05, 4.69) is 10.3 Å². The van der Waals surface area contributed by atoms with Crippen molar-refractivity contribution in [2.75, 3.05) is 11.1 Å². The highest BCUT2D eigenvalue weighted by Gasteiger charge is 2.32. The zero-order valence-electron chi connectivity index (χ0n) is 16.1. The number of imidazole rings is 1. The molecule has 5 rings (SSSR count). The number of nitrogens with zero attached hydrogens (tertiary/aromatic N) is 4. The Balaban J connectivity index is 1.57. The second-order valence-electron chi connectivity index (χ2n) is 7.43. The molecule has 0 spiro atoms. The van der Waals surface area contributed by atoms with Gasteiger partial charge in [0.2, 0.25) is 5.82 Å². The van der Waals surface area contributed by atoms with E-state index in [9.17, 15) is 18.4 Å². The largest absolute Gasteiger partial charge is 0.754 e. The van der Waals surface area contributed by atoms with Crippen LogP contribution in [0.15, 0.2) is 54.6 Å². The van der Waals surface area contributed by atoms with E-state index in [1.165, 1.54) is 18.2 Å². The molecule has 2 aromatic carbocycles. The lowest BCUT2D eigenvalue weighted by Gasteiger charge is -2.15. The number of nitrogens with two attached hydrogens (primary N) is 1. The average molecular weight is 426 g/mol. The molecule has 0 atom stereocenters. The molecular formula is C21H17F3N6O. The minimum atomic E-state index is -4.44. The molecule has 1 fully saturated rings. The predicted molar refractivity (Wildman–Crippen MR) is 109 cm³/mol. The Hall–Kier alpha value is -3.82. The molecule has 1 aliphatic rings. The second-order valence-corrected chi connectivity index (χ2v) is 7.43. The topological polar surface area (TPSA) is 95.7 Å². The molecule has 2 heterocycles. The molecule has 158 valence electrons. The van der Waals surface area contributed by atoms with E-state index in [1.807, 2.05) is 28.8 Å². The Morgan fingerprint density at radius 3 is 2.45 bits per heavy atom. The molecule has 0 unspecified atom stereocenters. The number of nitrogens with one attached hydrogen (secondary N) is 1. The third-order valence-electron chi connectivity index (χ3n) is 5.15.